The molecule has 1 N–H and O–H groups in total. The predicted molar refractivity (Wildman–Crippen MR) is 35.5 cm³/mol. The molecule has 0 radical (unpaired) electrons. The molecule has 2 nitrogen and oxygen atoms in total. The van der Waals surface area contributed by atoms with Crippen LogP contribution in [-0.4, -0.2) is 11.1 Å². The lowest BCUT2D eigenvalue weighted by atomic mass is 10.4. The average molecular weight is 134 g/mol. The van der Waals surface area contributed by atoms with Crippen LogP contribution < -0.4 is 0 Å². The highest BCUT2D eigenvalue weighted by Gasteiger charge is 1.86. The first-order valence-electron chi connectivity index (χ1n) is 2.60. The zero-order valence-corrected chi connectivity index (χ0v) is 5.92. The quantitative estimate of drug-likeness (QED) is 0.468. The molecule has 0 rings (SSSR count). The van der Waals surface area contributed by atoms with Crippen molar-refractivity contribution in [3.05, 3.63) is 12.2 Å². The van der Waals surface area contributed by atoms with Crippen molar-refractivity contribution >= 4 is 8.03 Å². The van der Waals surface area contributed by atoms with E-state index in [0.717, 1.165) is 6.42 Å². The molecule has 0 aliphatic carbocycles. The Balaban J connectivity index is 3.05. The molecule has 0 saturated carbocycles. The molecule has 0 saturated heterocycles. The van der Waals surface area contributed by atoms with Gasteiger partial charge in [-0.25, -0.2) is 0 Å². The maximum Gasteiger partial charge on any atom is 0.189 e. The van der Waals surface area contributed by atoms with Crippen molar-refractivity contribution in [1.82, 2.24) is 0 Å². The van der Waals surface area contributed by atoms with E-state index in [1.807, 2.05) is 19.1 Å². The summed E-state index contributed by atoms with van der Waals surface area (Å²) in [6, 6.07) is 0. The summed E-state index contributed by atoms with van der Waals surface area (Å²) in [4.78, 5) is 8.29. The van der Waals surface area contributed by atoms with Gasteiger partial charge in [0.2, 0.25) is 0 Å². The maximum absolute atomic E-state index is 10.0. The Hall–Kier alpha value is -0.0700. The summed E-state index contributed by atoms with van der Waals surface area (Å²) in [5.41, 5.74) is 0. The van der Waals surface area contributed by atoms with Crippen LogP contribution in [0.4, 0.5) is 0 Å². The minimum absolute atomic E-state index is 0.426. The van der Waals surface area contributed by atoms with E-state index >= 15 is 0 Å². The van der Waals surface area contributed by atoms with Gasteiger partial charge in [-0.15, -0.1) is 0 Å². The van der Waals surface area contributed by atoms with E-state index in [2.05, 4.69) is 0 Å². The van der Waals surface area contributed by atoms with E-state index in [-0.39, 0.29) is 0 Å². The summed E-state index contributed by atoms with van der Waals surface area (Å²) in [5, 5.41) is 0. The van der Waals surface area contributed by atoms with E-state index in [1.165, 1.54) is 0 Å². The molecule has 48 valence electrons. The fourth-order valence-electron chi connectivity index (χ4n) is 0.373. The molecule has 1 unspecified atom stereocenters. The fourth-order valence-corrected chi connectivity index (χ4v) is 0.787. The number of allylic oxidation sites excluding steroid dienone is 2. The van der Waals surface area contributed by atoms with Crippen molar-refractivity contribution in [3.8, 4) is 0 Å². The molecule has 8 heavy (non-hydrogen) atoms. The smallest absolute Gasteiger partial charge is 0.189 e. The van der Waals surface area contributed by atoms with E-state index in [1.54, 1.807) is 0 Å². The van der Waals surface area contributed by atoms with Gasteiger partial charge in [0, 0.05) is 6.16 Å². The molecule has 0 heterocycles. The molecular formula is C5H11O2P. The van der Waals surface area contributed by atoms with Gasteiger partial charge in [-0.3, -0.25) is 4.57 Å². The van der Waals surface area contributed by atoms with Gasteiger partial charge in [0.15, 0.2) is 8.03 Å². The van der Waals surface area contributed by atoms with Crippen LogP contribution >= 0.6 is 8.03 Å². The van der Waals surface area contributed by atoms with E-state index < -0.39 is 8.03 Å². The normalized spacial score (nSPS) is 14.8. The Kier molecular flexibility index (Phi) is 5.03. The lowest BCUT2D eigenvalue weighted by Gasteiger charge is -1.85. The minimum Gasteiger partial charge on any atom is -0.346 e. The van der Waals surface area contributed by atoms with Crippen molar-refractivity contribution < 1.29 is 9.46 Å². The lowest BCUT2D eigenvalue weighted by Crippen LogP contribution is -1.70. The average Bonchev–Trinajstić information content (AvgIpc) is 1.66. The zero-order chi connectivity index (χ0) is 6.41. The standard InChI is InChI=1S/C5H11O2P/c1-2-3-4-5-8(6)7/h2-3,8H,4-5H2,1H3,(H,6,7). The van der Waals surface area contributed by atoms with E-state index in [0.29, 0.717) is 6.16 Å². The molecule has 0 amide bonds. The van der Waals surface area contributed by atoms with Crippen LogP contribution in [-0.2, 0) is 4.57 Å². The van der Waals surface area contributed by atoms with Gasteiger partial charge in [0.1, 0.15) is 0 Å². The zero-order valence-electron chi connectivity index (χ0n) is 4.92. The molecule has 0 aromatic carbocycles. The first kappa shape index (κ1) is 7.93. The number of hydrogen-bond donors (Lipinski definition) is 1. The summed E-state index contributed by atoms with van der Waals surface area (Å²) >= 11 is 0. The van der Waals surface area contributed by atoms with Crippen molar-refractivity contribution in [3.63, 3.8) is 0 Å². The lowest BCUT2D eigenvalue weighted by molar-refractivity contribution is 0.503. The van der Waals surface area contributed by atoms with Gasteiger partial charge >= 0.3 is 0 Å². The van der Waals surface area contributed by atoms with Gasteiger partial charge in [-0.05, 0) is 13.3 Å². The third-order valence-electron chi connectivity index (χ3n) is 0.761. The summed E-state index contributed by atoms with van der Waals surface area (Å²) in [5.74, 6) is 0. The molecule has 0 spiro atoms. The third-order valence-corrected chi connectivity index (χ3v) is 1.48. The molecule has 0 aromatic heterocycles. The Morgan fingerprint density at radius 1 is 1.75 bits per heavy atom. The molecule has 0 aliphatic heterocycles. The predicted octanol–water partition coefficient (Wildman–Crippen LogP) is 1.42. The largest absolute Gasteiger partial charge is 0.346 e. The summed E-state index contributed by atoms with van der Waals surface area (Å²) in [6.07, 6.45) is 4.92. The second-order valence-electron chi connectivity index (χ2n) is 1.50. The topological polar surface area (TPSA) is 37.3 Å². The first-order chi connectivity index (χ1) is 3.77. The molecule has 0 fully saturated rings. The maximum atomic E-state index is 10.0. The number of rotatable bonds is 3. The minimum atomic E-state index is -2.21. The third kappa shape index (κ3) is 5.93. The molecule has 3 heteroatoms. The second kappa shape index (κ2) is 5.07. The highest BCUT2D eigenvalue weighted by Crippen LogP contribution is 2.13. The van der Waals surface area contributed by atoms with E-state index in [4.69, 9.17) is 4.89 Å². The Morgan fingerprint density at radius 2 is 2.38 bits per heavy atom. The van der Waals surface area contributed by atoms with Crippen LogP contribution in [0.1, 0.15) is 13.3 Å². The van der Waals surface area contributed by atoms with Crippen LogP contribution in [0.15, 0.2) is 12.2 Å². The van der Waals surface area contributed by atoms with Gasteiger partial charge in [0.05, 0.1) is 0 Å². The highest BCUT2D eigenvalue weighted by atomic mass is 31.1. The van der Waals surface area contributed by atoms with E-state index in [9.17, 15) is 4.57 Å². The van der Waals surface area contributed by atoms with Crippen molar-refractivity contribution in [2.45, 2.75) is 13.3 Å². The van der Waals surface area contributed by atoms with Crippen LogP contribution in [0.5, 0.6) is 0 Å². The summed E-state index contributed by atoms with van der Waals surface area (Å²) in [6.45, 7) is 1.90. The number of hydrogen-bond acceptors (Lipinski definition) is 1. The Labute approximate surface area is 50.1 Å². The van der Waals surface area contributed by atoms with Crippen LogP contribution in [0.2, 0.25) is 0 Å². The molecule has 0 aliphatic rings. The SMILES string of the molecule is CC=CCC[PH](=O)O. The fraction of sp³-hybridized carbons (Fsp3) is 0.600. The molecule has 1 atom stereocenters. The van der Waals surface area contributed by atoms with Gasteiger partial charge in [-0.2, -0.15) is 0 Å². The van der Waals surface area contributed by atoms with Gasteiger partial charge < -0.3 is 4.89 Å². The van der Waals surface area contributed by atoms with Crippen molar-refractivity contribution in [2.24, 2.45) is 0 Å². The first-order valence-corrected chi connectivity index (χ1v) is 4.16. The molecule has 0 bridgehead atoms. The summed E-state index contributed by atoms with van der Waals surface area (Å²) in [7, 11) is -2.21. The van der Waals surface area contributed by atoms with Crippen molar-refractivity contribution in [1.29, 1.82) is 0 Å². The monoisotopic (exact) mass is 134 g/mol. The Bertz CT molecular complexity index is 98.6. The Morgan fingerprint density at radius 3 is 2.75 bits per heavy atom. The summed E-state index contributed by atoms with van der Waals surface area (Å²) < 4.78 is 10.0. The van der Waals surface area contributed by atoms with Gasteiger partial charge in [0.25, 0.3) is 0 Å². The van der Waals surface area contributed by atoms with Crippen molar-refractivity contribution in [2.75, 3.05) is 6.16 Å². The second-order valence-corrected chi connectivity index (χ2v) is 2.79. The molecular weight excluding hydrogens is 123 g/mol. The van der Waals surface area contributed by atoms with Crippen LogP contribution in [0.3, 0.4) is 0 Å². The van der Waals surface area contributed by atoms with Gasteiger partial charge in [-0.1, -0.05) is 12.2 Å². The molecule has 0 aromatic rings. The highest BCUT2D eigenvalue weighted by molar-refractivity contribution is 7.37. The van der Waals surface area contributed by atoms with Crippen LogP contribution in [0.25, 0.3) is 0 Å². The van der Waals surface area contributed by atoms with Crippen LogP contribution in [0, 0.1) is 0 Å².